The second kappa shape index (κ2) is 8.53. The number of carbonyl (C=O) groups is 1. The van der Waals surface area contributed by atoms with Gasteiger partial charge in [0.2, 0.25) is 0 Å². The summed E-state index contributed by atoms with van der Waals surface area (Å²) in [6.07, 6.45) is 3.36. The van der Waals surface area contributed by atoms with E-state index in [4.69, 9.17) is 0 Å². The van der Waals surface area contributed by atoms with Crippen LogP contribution in [-0.2, 0) is 15.6 Å². The average Bonchev–Trinajstić information content (AvgIpc) is 2.53. The third-order valence-electron chi connectivity index (χ3n) is 3.06. The topological polar surface area (TPSA) is 34.1 Å². The van der Waals surface area contributed by atoms with Crippen molar-refractivity contribution in [3.8, 4) is 0 Å². The van der Waals surface area contributed by atoms with Crippen LogP contribution in [0.2, 0.25) is 0 Å². The number of ketones is 1. The lowest BCUT2D eigenvalue weighted by Crippen LogP contribution is -2.05. The van der Waals surface area contributed by atoms with Gasteiger partial charge in [0.15, 0.2) is 5.78 Å². The van der Waals surface area contributed by atoms with E-state index in [9.17, 15) is 26.6 Å². The zero-order valence-corrected chi connectivity index (χ0v) is 13.5. The Morgan fingerprint density at radius 3 is 1.92 bits per heavy atom. The van der Waals surface area contributed by atoms with Crippen LogP contribution in [0.1, 0.15) is 11.1 Å². The second-order valence-electron chi connectivity index (χ2n) is 4.96. The van der Waals surface area contributed by atoms with Gasteiger partial charge in [0.1, 0.15) is 23.3 Å². The molecule has 0 bridgehead atoms. The first-order chi connectivity index (χ1) is 11.8. The number of hydrogen-bond donors (Lipinski definition) is 0. The molecule has 0 amide bonds. The SMILES string of the molecule is O=C(/C=C\c1ccc(F)cc1F)CS(=O)/C=C/c1ccc(F)cc1F. The fourth-order valence-corrected chi connectivity index (χ4v) is 2.61. The maximum atomic E-state index is 13.4. The number of hydrogen-bond acceptors (Lipinski definition) is 2. The van der Waals surface area contributed by atoms with Crippen molar-refractivity contribution in [2.45, 2.75) is 0 Å². The van der Waals surface area contributed by atoms with Crippen molar-refractivity contribution in [2.24, 2.45) is 0 Å². The van der Waals surface area contributed by atoms with Crippen molar-refractivity contribution in [3.05, 3.63) is 82.3 Å². The summed E-state index contributed by atoms with van der Waals surface area (Å²) in [5.74, 6) is -4.04. The van der Waals surface area contributed by atoms with Gasteiger partial charge in [-0.05, 0) is 42.5 Å². The molecule has 0 N–H and O–H groups in total. The van der Waals surface area contributed by atoms with E-state index in [0.29, 0.717) is 12.1 Å². The van der Waals surface area contributed by atoms with Gasteiger partial charge in [0.05, 0.1) is 16.6 Å². The minimum atomic E-state index is -1.73. The lowest BCUT2D eigenvalue weighted by atomic mass is 10.2. The molecule has 1 unspecified atom stereocenters. The molecular formula is C18H12F4O2S. The number of benzene rings is 2. The normalized spacial score (nSPS) is 12.8. The van der Waals surface area contributed by atoms with Gasteiger partial charge in [-0.3, -0.25) is 9.00 Å². The Hall–Kier alpha value is -2.54. The van der Waals surface area contributed by atoms with Crippen molar-refractivity contribution < 1.29 is 26.6 Å². The van der Waals surface area contributed by atoms with Crippen molar-refractivity contribution in [1.82, 2.24) is 0 Å². The maximum absolute atomic E-state index is 13.4. The minimum absolute atomic E-state index is 0.0180. The van der Waals surface area contributed by atoms with E-state index in [1.807, 2.05) is 0 Å². The smallest absolute Gasteiger partial charge is 0.168 e. The summed E-state index contributed by atoms with van der Waals surface area (Å²) >= 11 is 0. The van der Waals surface area contributed by atoms with Crippen LogP contribution in [0.15, 0.2) is 47.9 Å². The molecular weight excluding hydrogens is 356 g/mol. The first kappa shape index (κ1) is 18.8. The van der Waals surface area contributed by atoms with Gasteiger partial charge in [-0.25, -0.2) is 17.6 Å². The molecule has 2 rings (SSSR count). The molecule has 7 heteroatoms. The monoisotopic (exact) mass is 368 g/mol. The quantitative estimate of drug-likeness (QED) is 0.564. The van der Waals surface area contributed by atoms with E-state index in [0.717, 1.165) is 29.7 Å². The van der Waals surface area contributed by atoms with Crippen molar-refractivity contribution in [2.75, 3.05) is 5.75 Å². The summed E-state index contributed by atoms with van der Waals surface area (Å²) in [7, 11) is -1.73. The molecule has 0 aliphatic rings. The molecule has 0 saturated heterocycles. The molecule has 25 heavy (non-hydrogen) atoms. The van der Waals surface area contributed by atoms with Crippen molar-refractivity contribution >= 4 is 28.7 Å². The third-order valence-corrected chi connectivity index (χ3v) is 4.07. The van der Waals surface area contributed by atoms with E-state index >= 15 is 0 Å². The minimum Gasteiger partial charge on any atom is -0.294 e. The predicted octanol–water partition coefficient (Wildman–Crippen LogP) is 4.24. The molecule has 0 heterocycles. The molecule has 130 valence electrons. The summed E-state index contributed by atoms with van der Waals surface area (Å²) < 4.78 is 64.1. The van der Waals surface area contributed by atoms with Crippen molar-refractivity contribution in [1.29, 1.82) is 0 Å². The fourth-order valence-electron chi connectivity index (χ4n) is 1.84. The van der Waals surface area contributed by atoms with Gasteiger partial charge in [0, 0.05) is 28.7 Å². The molecule has 0 aromatic heterocycles. The largest absolute Gasteiger partial charge is 0.294 e. The molecule has 2 aromatic rings. The Bertz CT molecular complexity index is 804. The fraction of sp³-hybridized carbons (Fsp3) is 0.0556. The highest BCUT2D eigenvalue weighted by molar-refractivity contribution is 7.88. The Balaban J connectivity index is 1.96. The standard InChI is InChI=1S/C18H12F4O2S/c19-14-4-1-12(17(21)9-14)3-6-16(23)11-25(24)8-7-13-2-5-15(20)10-18(13)22/h1-10H,11H2/b6-3-,8-7+. The maximum Gasteiger partial charge on any atom is 0.168 e. The van der Waals surface area contributed by atoms with Crippen LogP contribution in [0.4, 0.5) is 17.6 Å². The highest BCUT2D eigenvalue weighted by Gasteiger charge is 2.05. The van der Waals surface area contributed by atoms with Crippen LogP contribution in [0.25, 0.3) is 12.2 Å². The lowest BCUT2D eigenvalue weighted by Gasteiger charge is -1.98. The van der Waals surface area contributed by atoms with E-state index in [1.165, 1.54) is 18.2 Å². The van der Waals surface area contributed by atoms with Crippen LogP contribution in [0, 0.1) is 23.3 Å². The van der Waals surface area contributed by atoms with Gasteiger partial charge in [-0.1, -0.05) is 0 Å². The summed E-state index contributed by atoms with van der Waals surface area (Å²) in [6.45, 7) is 0. The zero-order chi connectivity index (χ0) is 18.4. The van der Waals surface area contributed by atoms with Crippen LogP contribution < -0.4 is 0 Å². The van der Waals surface area contributed by atoms with E-state index < -0.39 is 45.6 Å². The molecule has 2 nitrogen and oxygen atoms in total. The lowest BCUT2D eigenvalue weighted by molar-refractivity contribution is -0.112. The molecule has 0 radical (unpaired) electrons. The molecule has 0 aliphatic heterocycles. The van der Waals surface area contributed by atoms with Crippen LogP contribution in [0.3, 0.4) is 0 Å². The first-order valence-corrected chi connectivity index (χ1v) is 8.40. The highest BCUT2D eigenvalue weighted by Crippen LogP contribution is 2.12. The van der Waals surface area contributed by atoms with E-state index in [1.54, 1.807) is 0 Å². The first-order valence-electron chi connectivity index (χ1n) is 7.01. The van der Waals surface area contributed by atoms with E-state index in [-0.39, 0.29) is 11.1 Å². The van der Waals surface area contributed by atoms with Gasteiger partial charge in [-0.15, -0.1) is 0 Å². The summed E-state index contributed by atoms with van der Waals surface area (Å²) in [5.41, 5.74) is 0.0515. The number of rotatable bonds is 6. The Morgan fingerprint density at radius 1 is 0.880 bits per heavy atom. The average molecular weight is 368 g/mol. The highest BCUT2D eigenvalue weighted by atomic mass is 32.2. The number of allylic oxidation sites excluding steroid dienone is 1. The number of halogens is 4. The molecule has 1 atom stereocenters. The summed E-state index contributed by atoms with van der Waals surface area (Å²) in [5, 5.41) is 1.11. The molecule has 0 fully saturated rings. The zero-order valence-electron chi connectivity index (χ0n) is 12.7. The molecule has 0 spiro atoms. The van der Waals surface area contributed by atoms with Crippen molar-refractivity contribution in [3.63, 3.8) is 0 Å². The summed E-state index contributed by atoms with van der Waals surface area (Å²) in [4.78, 5) is 11.7. The number of carbonyl (C=O) groups excluding carboxylic acids is 1. The van der Waals surface area contributed by atoms with Crippen LogP contribution in [-0.4, -0.2) is 15.7 Å². The predicted molar refractivity (Wildman–Crippen MR) is 88.8 cm³/mol. The van der Waals surface area contributed by atoms with E-state index in [2.05, 4.69) is 0 Å². The Kier molecular flexibility index (Phi) is 6.41. The molecule has 0 saturated carbocycles. The van der Waals surface area contributed by atoms with Gasteiger partial charge in [0.25, 0.3) is 0 Å². The van der Waals surface area contributed by atoms with Gasteiger partial charge < -0.3 is 0 Å². The summed E-state index contributed by atoms with van der Waals surface area (Å²) in [6, 6.07) is 5.82. The van der Waals surface area contributed by atoms with Gasteiger partial charge in [-0.2, -0.15) is 0 Å². The second-order valence-corrected chi connectivity index (χ2v) is 6.28. The third kappa shape index (κ3) is 5.79. The molecule has 2 aromatic carbocycles. The molecule has 0 aliphatic carbocycles. The van der Waals surface area contributed by atoms with Gasteiger partial charge >= 0.3 is 0 Å². The van der Waals surface area contributed by atoms with Crippen LogP contribution >= 0.6 is 0 Å². The Morgan fingerprint density at radius 2 is 1.40 bits per heavy atom. The Labute approximate surface area is 143 Å². The van der Waals surface area contributed by atoms with Crippen LogP contribution in [0.5, 0.6) is 0 Å².